The maximum atomic E-state index is 12.7. The fourth-order valence-corrected chi connectivity index (χ4v) is 6.27. The summed E-state index contributed by atoms with van der Waals surface area (Å²) in [6, 6.07) is 12.5. The van der Waals surface area contributed by atoms with Crippen molar-refractivity contribution in [2.45, 2.75) is 39.7 Å². The summed E-state index contributed by atoms with van der Waals surface area (Å²) in [4.78, 5) is 24.0. The largest absolute Gasteiger partial charge is 0.500 e. The molecular formula is C28H38O9Si. The number of benzene rings is 2. The molecule has 0 unspecified atom stereocenters. The summed E-state index contributed by atoms with van der Waals surface area (Å²) in [5, 5.41) is 0. The molecule has 0 spiro atoms. The van der Waals surface area contributed by atoms with Gasteiger partial charge in [0.05, 0.1) is 26.4 Å². The summed E-state index contributed by atoms with van der Waals surface area (Å²) in [5.41, 5.74) is 1.06. The molecule has 38 heavy (non-hydrogen) atoms. The van der Waals surface area contributed by atoms with Gasteiger partial charge >= 0.3 is 20.7 Å². The minimum absolute atomic E-state index is 0.263. The molecule has 0 N–H and O–H groups in total. The summed E-state index contributed by atoms with van der Waals surface area (Å²) in [6.07, 6.45) is 4.54. The van der Waals surface area contributed by atoms with E-state index in [1.165, 1.54) is 20.3 Å². The van der Waals surface area contributed by atoms with Gasteiger partial charge in [-0.1, -0.05) is 6.07 Å². The van der Waals surface area contributed by atoms with Gasteiger partial charge in [0.1, 0.15) is 5.75 Å². The monoisotopic (exact) mass is 546 g/mol. The van der Waals surface area contributed by atoms with E-state index in [2.05, 4.69) is 4.74 Å². The highest BCUT2D eigenvalue weighted by atomic mass is 28.4. The predicted molar refractivity (Wildman–Crippen MR) is 146 cm³/mol. The van der Waals surface area contributed by atoms with Crippen molar-refractivity contribution in [2.75, 3.05) is 40.6 Å². The van der Waals surface area contributed by atoms with Crippen molar-refractivity contribution in [2.24, 2.45) is 0 Å². The molecule has 0 saturated carbocycles. The van der Waals surface area contributed by atoms with Gasteiger partial charge in [-0.3, -0.25) is 0 Å². The topological polar surface area (TPSA) is 98.8 Å². The van der Waals surface area contributed by atoms with Crippen molar-refractivity contribution in [1.82, 2.24) is 0 Å². The third-order valence-corrected chi connectivity index (χ3v) is 8.48. The summed E-state index contributed by atoms with van der Waals surface area (Å²) >= 11 is 0. The maximum absolute atomic E-state index is 12.7. The van der Waals surface area contributed by atoms with E-state index in [1.54, 1.807) is 48.5 Å². The zero-order valence-electron chi connectivity index (χ0n) is 22.8. The van der Waals surface area contributed by atoms with Crippen LogP contribution in [0.25, 0.3) is 6.08 Å². The lowest BCUT2D eigenvalue weighted by atomic mass is 10.2. The van der Waals surface area contributed by atoms with Gasteiger partial charge < -0.3 is 32.2 Å². The van der Waals surface area contributed by atoms with E-state index < -0.39 is 20.7 Å². The molecule has 0 heterocycles. The summed E-state index contributed by atoms with van der Waals surface area (Å²) in [7, 11) is 0.139. The number of hydrogen-bond donors (Lipinski definition) is 0. The smallest absolute Gasteiger partial charge is 0.494 e. The van der Waals surface area contributed by atoms with E-state index in [0.29, 0.717) is 49.1 Å². The fourth-order valence-electron chi connectivity index (χ4n) is 3.59. The Hall–Kier alpha value is -3.18. The van der Waals surface area contributed by atoms with Crippen LogP contribution in [0, 0.1) is 0 Å². The molecule has 0 aliphatic heterocycles. The Labute approximate surface area is 226 Å². The molecule has 0 saturated heterocycles. The number of rotatable bonds is 17. The van der Waals surface area contributed by atoms with Crippen LogP contribution in [0.1, 0.15) is 49.5 Å². The van der Waals surface area contributed by atoms with Crippen LogP contribution in [0.2, 0.25) is 6.04 Å². The van der Waals surface area contributed by atoms with Crippen LogP contribution in [0.15, 0.2) is 48.5 Å². The molecule has 2 aromatic rings. The third-order valence-electron chi connectivity index (χ3n) is 5.33. The van der Waals surface area contributed by atoms with Crippen LogP contribution in [0.5, 0.6) is 17.2 Å². The lowest BCUT2D eigenvalue weighted by Crippen LogP contribution is -2.45. The maximum Gasteiger partial charge on any atom is 0.500 e. The number of esters is 2. The van der Waals surface area contributed by atoms with Gasteiger partial charge in [-0.15, -0.1) is 0 Å². The number of hydrogen-bond acceptors (Lipinski definition) is 9. The van der Waals surface area contributed by atoms with Crippen LogP contribution in [-0.4, -0.2) is 61.4 Å². The first-order valence-electron chi connectivity index (χ1n) is 12.7. The van der Waals surface area contributed by atoms with Crippen molar-refractivity contribution in [3.05, 3.63) is 59.7 Å². The molecule has 208 valence electrons. The fraction of sp³-hybridized carbons (Fsp3) is 0.429. The van der Waals surface area contributed by atoms with Gasteiger partial charge in [0, 0.05) is 31.9 Å². The molecule has 0 bridgehead atoms. The molecule has 0 aromatic heterocycles. The van der Waals surface area contributed by atoms with E-state index in [1.807, 2.05) is 20.8 Å². The van der Waals surface area contributed by atoms with Crippen molar-refractivity contribution in [1.29, 1.82) is 0 Å². The van der Waals surface area contributed by atoms with Crippen LogP contribution < -0.4 is 14.2 Å². The Balaban J connectivity index is 1.88. The van der Waals surface area contributed by atoms with Crippen LogP contribution >= 0.6 is 0 Å². The Bertz CT molecular complexity index is 1020. The summed E-state index contributed by atoms with van der Waals surface area (Å²) < 4.78 is 38.9. The van der Waals surface area contributed by atoms with Crippen molar-refractivity contribution in [3.8, 4) is 17.2 Å². The molecule has 2 aromatic carbocycles. The molecule has 0 aliphatic rings. The molecule has 0 amide bonds. The number of methoxy groups -OCH3 is 2. The van der Waals surface area contributed by atoms with Crippen molar-refractivity contribution >= 4 is 26.8 Å². The highest BCUT2D eigenvalue weighted by Crippen LogP contribution is 2.29. The normalized spacial score (nSPS) is 11.4. The number of ether oxygens (including phenoxy) is 4. The van der Waals surface area contributed by atoms with Gasteiger partial charge in [-0.25, -0.2) is 9.59 Å². The van der Waals surface area contributed by atoms with E-state index in [9.17, 15) is 9.59 Å². The van der Waals surface area contributed by atoms with Crippen LogP contribution in [0.3, 0.4) is 0 Å². The van der Waals surface area contributed by atoms with Gasteiger partial charge in [-0.05, 0) is 81.7 Å². The average Bonchev–Trinajstić information content (AvgIpc) is 2.92. The second-order valence-corrected chi connectivity index (χ2v) is 10.7. The highest BCUT2D eigenvalue weighted by molar-refractivity contribution is 6.60. The summed E-state index contributed by atoms with van der Waals surface area (Å²) in [5.74, 6) is 0.273. The van der Waals surface area contributed by atoms with Gasteiger partial charge in [0.2, 0.25) is 0 Å². The van der Waals surface area contributed by atoms with Crippen molar-refractivity contribution in [3.63, 3.8) is 0 Å². The number of carbonyl (C=O) groups excluding carboxylic acids is 2. The molecule has 10 heteroatoms. The molecule has 0 fully saturated rings. The zero-order valence-corrected chi connectivity index (χ0v) is 23.8. The predicted octanol–water partition coefficient (Wildman–Crippen LogP) is 5.31. The lowest BCUT2D eigenvalue weighted by Gasteiger charge is -2.28. The van der Waals surface area contributed by atoms with E-state index in [-0.39, 0.29) is 5.75 Å². The first kappa shape index (κ1) is 31.0. The Morgan fingerprint density at radius 1 is 0.842 bits per heavy atom. The van der Waals surface area contributed by atoms with Crippen LogP contribution in [-0.2, 0) is 22.8 Å². The standard InChI is InChI=1S/C28H38O9Si/c1-6-34-38(35-7-2,36-8-3)20-10-9-19-33-24-15-13-23(14-16-24)28(30)37-25-17-11-22(21-26(25)31-4)12-18-27(29)32-5/h11-18,21H,6-10,19-20H2,1-5H3. The van der Waals surface area contributed by atoms with Crippen molar-refractivity contribution < 1.29 is 41.8 Å². The second kappa shape index (κ2) is 16.6. The molecule has 2 rings (SSSR count). The second-order valence-electron chi connectivity index (χ2n) is 7.97. The molecule has 0 radical (unpaired) electrons. The third kappa shape index (κ3) is 9.94. The minimum atomic E-state index is -2.64. The van der Waals surface area contributed by atoms with E-state index in [0.717, 1.165) is 18.9 Å². The van der Waals surface area contributed by atoms with Crippen LogP contribution in [0.4, 0.5) is 0 Å². The van der Waals surface area contributed by atoms with E-state index >= 15 is 0 Å². The minimum Gasteiger partial charge on any atom is -0.494 e. The van der Waals surface area contributed by atoms with Gasteiger partial charge in [0.15, 0.2) is 11.5 Å². The highest BCUT2D eigenvalue weighted by Gasteiger charge is 2.39. The first-order valence-corrected chi connectivity index (χ1v) is 14.6. The lowest BCUT2D eigenvalue weighted by molar-refractivity contribution is -0.134. The Kier molecular flexibility index (Phi) is 13.6. The average molecular weight is 547 g/mol. The van der Waals surface area contributed by atoms with Gasteiger partial charge in [0.25, 0.3) is 0 Å². The molecule has 9 nitrogen and oxygen atoms in total. The molecule has 0 atom stereocenters. The Morgan fingerprint density at radius 2 is 1.50 bits per heavy atom. The zero-order chi connectivity index (χ0) is 27.8. The molecule has 0 aliphatic carbocycles. The van der Waals surface area contributed by atoms with E-state index in [4.69, 9.17) is 27.5 Å². The summed E-state index contributed by atoms with van der Waals surface area (Å²) in [6.45, 7) is 8.04. The quantitative estimate of drug-likeness (QED) is 0.0859. The Morgan fingerprint density at radius 3 is 2.08 bits per heavy atom. The number of unbranched alkanes of at least 4 members (excludes halogenated alkanes) is 1. The number of carbonyl (C=O) groups is 2. The van der Waals surface area contributed by atoms with Gasteiger partial charge in [-0.2, -0.15) is 0 Å². The first-order chi connectivity index (χ1) is 18.4. The SMILES string of the molecule is CCO[Si](CCCCOc1ccc(C(=O)Oc2ccc(C=CC(=O)OC)cc2OC)cc1)(OCC)OCC. The molecular weight excluding hydrogens is 508 g/mol.